The van der Waals surface area contributed by atoms with Crippen LogP contribution in [0.5, 0.6) is 0 Å². The number of hydrogen-bond acceptors (Lipinski definition) is 4. The maximum absolute atomic E-state index is 14.1. The average Bonchev–Trinajstić information content (AvgIpc) is 2.90. The van der Waals surface area contributed by atoms with Gasteiger partial charge in [-0.2, -0.15) is 0 Å². The first kappa shape index (κ1) is 20.8. The van der Waals surface area contributed by atoms with E-state index in [1.807, 2.05) is 29.2 Å². The Balaban J connectivity index is 1.86. The topological polar surface area (TPSA) is 45.1 Å². The zero-order chi connectivity index (χ0) is 20.6. The zero-order valence-electron chi connectivity index (χ0n) is 17.8. The molecule has 1 aromatic rings. The van der Waals surface area contributed by atoms with E-state index in [2.05, 4.69) is 25.7 Å². The van der Waals surface area contributed by atoms with E-state index < -0.39 is 0 Å². The van der Waals surface area contributed by atoms with Gasteiger partial charge in [0.25, 0.3) is 0 Å². The van der Waals surface area contributed by atoms with Gasteiger partial charge in [0.05, 0.1) is 35.9 Å². The molecule has 3 fully saturated rings. The summed E-state index contributed by atoms with van der Waals surface area (Å²) in [6, 6.07) is 7.60. The molecule has 6 heteroatoms. The normalized spacial score (nSPS) is 27.2. The molecule has 2 heterocycles. The molecule has 0 unspecified atom stereocenters. The van der Waals surface area contributed by atoms with E-state index in [1.165, 1.54) is 6.42 Å². The lowest BCUT2D eigenvalue weighted by Crippen LogP contribution is -2.54. The SMILES string of the molecule is CC(C)(C)N=C1[C@@H](N2CCOCC2)C2(CCCCC2)C(=O)N1c1ccc(Cl)cc1. The van der Waals surface area contributed by atoms with E-state index in [9.17, 15) is 4.79 Å². The standard InChI is InChI=1S/C23H32ClN3O2/c1-22(2,3)25-20-19(26-13-15-29-16-14-26)23(11-5-4-6-12-23)21(28)27(20)18-9-7-17(24)8-10-18/h7-10,19H,4-6,11-16H2,1-3H3/t19-/m1/s1. The highest BCUT2D eigenvalue weighted by Crippen LogP contribution is 2.49. The molecule has 2 saturated heterocycles. The average molecular weight is 418 g/mol. The van der Waals surface area contributed by atoms with E-state index in [-0.39, 0.29) is 22.9 Å². The molecule has 4 rings (SSSR count). The molecule has 1 aliphatic carbocycles. The van der Waals surface area contributed by atoms with Crippen molar-refractivity contribution in [1.29, 1.82) is 0 Å². The van der Waals surface area contributed by atoms with Gasteiger partial charge in [0, 0.05) is 18.1 Å². The highest BCUT2D eigenvalue weighted by Gasteiger charge is 2.60. The number of amidine groups is 1. The van der Waals surface area contributed by atoms with Crippen molar-refractivity contribution in [2.45, 2.75) is 64.5 Å². The number of benzene rings is 1. The Kier molecular flexibility index (Phi) is 5.75. The van der Waals surface area contributed by atoms with Gasteiger partial charge in [0.1, 0.15) is 5.84 Å². The molecule has 1 atom stereocenters. The molecule has 1 spiro atoms. The van der Waals surface area contributed by atoms with Gasteiger partial charge in [-0.25, -0.2) is 0 Å². The largest absolute Gasteiger partial charge is 0.379 e. The number of morpholine rings is 1. The van der Waals surface area contributed by atoms with Crippen LogP contribution < -0.4 is 4.90 Å². The molecule has 1 aromatic carbocycles. The lowest BCUT2D eigenvalue weighted by Gasteiger charge is -2.42. The van der Waals surface area contributed by atoms with Crippen molar-refractivity contribution in [2.24, 2.45) is 10.4 Å². The predicted molar refractivity (Wildman–Crippen MR) is 118 cm³/mol. The summed E-state index contributed by atoms with van der Waals surface area (Å²) in [5, 5.41) is 0.673. The van der Waals surface area contributed by atoms with Crippen LogP contribution in [0.3, 0.4) is 0 Å². The number of aliphatic imine (C=N–C) groups is 1. The van der Waals surface area contributed by atoms with Crippen LogP contribution in [0.15, 0.2) is 29.3 Å². The quantitative estimate of drug-likeness (QED) is 0.709. The number of amides is 1. The fraction of sp³-hybridized carbons (Fsp3) is 0.652. The Morgan fingerprint density at radius 1 is 1.07 bits per heavy atom. The smallest absolute Gasteiger partial charge is 0.240 e. The van der Waals surface area contributed by atoms with Crippen molar-refractivity contribution in [3.63, 3.8) is 0 Å². The van der Waals surface area contributed by atoms with Crippen LogP contribution in [0, 0.1) is 5.41 Å². The van der Waals surface area contributed by atoms with Crippen molar-refractivity contribution < 1.29 is 9.53 Å². The zero-order valence-corrected chi connectivity index (χ0v) is 18.5. The number of hydrogen-bond donors (Lipinski definition) is 0. The van der Waals surface area contributed by atoms with Crippen LogP contribution in [0.1, 0.15) is 52.9 Å². The van der Waals surface area contributed by atoms with Gasteiger partial charge in [-0.05, 0) is 57.9 Å². The number of carbonyl (C=O) groups is 1. The first-order chi connectivity index (χ1) is 13.8. The molecule has 1 amide bonds. The molecule has 3 aliphatic rings. The van der Waals surface area contributed by atoms with E-state index >= 15 is 0 Å². The predicted octanol–water partition coefficient (Wildman–Crippen LogP) is 4.53. The molecule has 1 saturated carbocycles. The summed E-state index contributed by atoms with van der Waals surface area (Å²) in [7, 11) is 0. The Bertz CT molecular complexity index is 772. The molecule has 0 N–H and O–H groups in total. The van der Waals surface area contributed by atoms with Crippen LogP contribution in [0.4, 0.5) is 5.69 Å². The van der Waals surface area contributed by atoms with Gasteiger partial charge in [-0.3, -0.25) is 19.6 Å². The van der Waals surface area contributed by atoms with Crippen molar-refractivity contribution in [3.05, 3.63) is 29.3 Å². The molecule has 0 radical (unpaired) electrons. The minimum atomic E-state index is -0.390. The van der Waals surface area contributed by atoms with Crippen molar-refractivity contribution in [3.8, 4) is 0 Å². The summed E-state index contributed by atoms with van der Waals surface area (Å²) in [6.45, 7) is 9.43. The van der Waals surface area contributed by atoms with E-state index in [0.29, 0.717) is 18.2 Å². The summed E-state index contributed by atoms with van der Waals surface area (Å²) in [5.41, 5.74) is 0.202. The lowest BCUT2D eigenvalue weighted by atomic mass is 9.69. The van der Waals surface area contributed by atoms with E-state index in [0.717, 1.165) is 50.3 Å². The Labute approximate surface area is 179 Å². The second-order valence-corrected chi connectivity index (χ2v) is 9.96. The summed E-state index contributed by atoms with van der Waals surface area (Å²) >= 11 is 6.13. The molecule has 158 valence electrons. The minimum Gasteiger partial charge on any atom is -0.379 e. The van der Waals surface area contributed by atoms with Gasteiger partial charge >= 0.3 is 0 Å². The summed E-state index contributed by atoms with van der Waals surface area (Å²) < 4.78 is 5.63. The third-order valence-electron chi connectivity index (χ3n) is 6.32. The Hall–Kier alpha value is -1.43. The number of halogens is 1. The highest BCUT2D eigenvalue weighted by atomic mass is 35.5. The summed E-state index contributed by atoms with van der Waals surface area (Å²) in [5.74, 6) is 1.10. The number of rotatable bonds is 2. The first-order valence-electron chi connectivity index (χ1n) is 10.8. The number of ether oxygens (including phenoxy) is 1. The number of carbonyl (C=O) groups excluding carboxylic acids is 1. The van der Waals surface area contributed by atoms with E-state index in [1.54, 1.807) is 0 Å². The first-order valence-corrected chi connectivity index (χ1v) is 11.2. The molecule has 29 heavy (non-hydrogen) atoms. The maximum atomic E-state index is 14.1. The fourth-order valence-electron chi connectivity index (χ4n) is 5.13. The van der Waals surface area contributed by atoms with Crippen LogP contribution in [0.2, 0.25) is 5.02 Å². The summed E-state index contributed by atoms with van der Waals surface area (Å²) in [6.07, 6.45) is 5.27. The Morgan fingerprint density at radius 2 is 1.69 bits per heavy atom. The second-order valence-electron chi connectivity index (χ2n) is 9.53. The molecule has 0 bridgehead atoms. The highest BCUT2D eigenvalue weighted by molar-refractivity contribution is 6.31. The van der Waals surface area contributed by atoms with Crippen LogP contribution in [-0.4, -0.2) is 54.5 Å². The van der Waals surface area contributed by atoms with Crippen molar-refractivity contribution in [2.75, 3.05) is 31.2 Å². The molecule has 2 aliphatic heterocycles. The number of anilines is 1. The van der Waals surface area contributed by atoms with E-state index in [4.69, 9.17) is 21.3 Å². The monoisotopic (exact) mass is 417 g/mol. The van der Waals surface area contributed by atoms with Gasteiger partial charge in [-0.15, -0.1) is 0 Å². The molecule has 0 aromatic heterocycles. The third-order valence-corrected chi connectivity index (χ3v) is 6.57. The lowest BCUT2D eigenvalue weighted by molar-refractivity contribution is -0.130. The van der Waals surface area contributed by atoms with Gasteiger partial charge in [-0.1, -0.05) is 30.9 Å². The minimum absolute atomic E-state index is 0.00843. The van der Waals surface area contributed by atoms with Crippen molar-refractivity contribution in [1.82, 2.24) is 4.90 Å². The summed E-state index contributed by atoms with van der Waals surface area (Å²) in [4.78, 5) is 23.6. The van der Waals surface area contributed by atoms with Crippen LogP contribution in [-0.2, 0) is 9.53 Å². The van der Waals surface area contributed by atoms with Gasteiger partial charge < -0.3 is 4.74 Å². The molecular weight excluding hydrogens is 386 g/mol. The molecular formula is C23H32ClN3O2. The maximum Gasteiger partial charge on any atom is 0.240 e. The van der Waals surface area contributed by atoms with Crippen molar-refractivity contribution >= 4 is 29.0 Å². The van der Waals surface area contributed by atoms with Crippen LogP contribution >= 0.6 is 11.6 Å². The van der Waals surface area contributed by atoms with Crippen LogP contribution in [0.25, 0.3) is 0 Å². The third kappa shape index (κ3) is 3.97. The Morgan fingerprint density at radius 3 is 2.28 bits per heavy atom. The molecule has 5 nitrogen and oxygen atoms in total. The second kappa shape index (κ2) is 8.01. The van der Waals surface area contributed by atoms with Gasteiger partial charge in [0.2, 0.25) is 5.91 Å². The number of nitrogens with zero attached hydrogens (tertiary/aromatic N) is 3. The fourth-order valence-corrected chi connectivity index (χ4v) is 5.25. The van der Waals surface area contributed by atoms with Gasteiger partial charge in [0.15, 0.2) is 0 Å².